The van der Waals surface area contributed by atoms with Crippen molar-refractivity contribution in [1.29, 1.82) is 0 Å². The van der Waals surface area contributed by atoms with Crippen LogP contribution in [0.15, 0.2) is 18.2 Å². The number of halogens is 3. The van der Waals surface area contributed by atoms with E-state index in [1.54, 1.807) is 6.07 Å². The highest BCUT2D eigenvalue weighted by Crippen LogP contribution is 2.48. The molecule has 0 saturated heterocycles. The molecule has 0 spiro atoms. The summed E-state index contributed by atoms with van der Waals surface area (Å²) in [5.41, 5.74) is 1.58. The van der Waals surface area contributed by atoms with E-state index in [4.69, 9.17) is 0 Å². The van der Waals surface area contributed by atoms with Gasteiger partial charge in [0, 0.05) is 24.6 Å². The van der Waals surface area contributed by atoms with Crippen LogP contribution >= 0.6 is 0 Å². The minimum Gasteiger partial charge on any atom is -0.384 e. The summed E-state index contributed by atoms with van der Waals surface area (Å²) in [5, 5.41) is 2.96. The lowest BCUT2D eigenvalue weighted by Crippen LogP contribution is -2.10. The lowest BCUT2D eigenvalue weighted by Gasteiger charge is -2.10. The number of nitrogens with one attached hydrogen (secondary N) is 1. The average Bonchev–Trinajstić information content (AvgIpc) is 2.84. The Balaban J connectivity index is 1.99. The Morgan fingerprint density at radius 1 is 1.44 bits per heavy atom. The van der Waals surface area contributed by atoms with Crippen molar-refractivity contribution in [3.05, 3.63) is 29.6 Å². The van der Waals surface area contributed by atoms with Crippen molar-refractivity contribution < 1.29 is 13.2 Å². The van der Waals surface area contributed by atoms with Crippen LogP contribution in [0, 0.1) is 11.7 Å². The van der Waals surface area contributed by atoms with E-state index in [1.165, 1.54) is 12.1 Å². The molecular formula is C12H14F3N. The molecule has 1 aliphatic rings. The number of alkyl halides is 2. The lowest BCUT2D eigenvalue weighted by atomic mass is 10.1. The van der Waals surface area contributed by atoms with Crippen LogP contribution in [0.1, 0.15) is 18.9 Å². The molecule has 1 nitrogen and oxygen atoms in total. The van der Waals surface area contributed by atoms with Gasteiger partial charge in [-0.15, -0.1) is 0 Å². The van der Waals surface area contributed by atoms with Crippen molar-refractivity contribution in [1.82, 2.24) is 0 Å². The molecule has 16 heavy (non-hydrogen) atoms. The smallest absolute Gasteiger partial charge is 0.253 e. The van der Waals surface area contributed by atoms with Crippen LogP contribution in [0.2, 0.25) is 0 Å². The fourth-order valence-corrected chi connectivity index (χ4v) is 1.75. The van der Waals surface area contributed by atoms with Crippen LogP contribution in [0.25, 0.3) is 0 Å². The van der Waals surface area contributed by atoms with E-state index in [-0.39, 0.29) is 18.8 Å². The molecular weight excluding hydrogens is 215 g/mol. The molecule has 1 aromatic rings. The first-order chi connectivity index (χ1) is 7.53. The Morgan fingerprint density at radius 3 is 2.69 bits per heavy atom. The number of rotatable bonds is 4. The fraction of sp³-hybridized carbons (Fsp3) is 0.500. The van der Waals surface area contributed by atoms with E-state index in [2.05, 4.69) is 5.32 Å². The predicted octanol–water partition coefficient (Wildman–Crippen LogP) is 3.46. The standard InChI is InChI=1S/C12H14F3N/c1-2-8-5-10(13)3-4-11(8)16-7-9-6-12(9,14)15/h3-5,9,16H,2,6-7H2,1H3. The molecule has 1 atom stereocenters. The van der Waals surface area contributed by atoms with Crippen LogP contribution in [-0.2, 0) is 6.42 Å². The zero-order valence-corrected chi connectivity index (χ0v) is 9.06. The molecule has 88 valence electrons. The highest BCUT2D eigenvalue weighted by atomic mass is 19.3. The predicted molar refractivity (Wildman–Crippen MR) is 57.3 cm³/mol. The van der Waals surface area contributed by atoms with Gasteiger partial charge < -0.3 is 5.32 Å². The summed E-state index contributed by atoms with van der Waals surface area (Å²) in [6.07, 6.45) is 0.643. The summed E-state index contributed by atoms with van der Waals surface area (Å²) in [7, 11) is 0. The zero-order valence-electron chi connectivity index (χ0n) is 9.06. The van der Waals surface area contributed by atoms with Gasteiger partial charge in [0.2, 0.25) is 0 Å². The van der Waals surface area contributed by atoms with Gasteiger partial charge in [-0.25, -0.2) is 13.2 Å². The Bertz CT molecular complexity index is 390. The maximum Gasteiger partial charge on any atom is 0.253 e. The Labute approximate surface area is 92.7 Å². The van der Waals surface area contributed by atoms with Crippen molar-refractivity contribution in [2.75, 3.05) is 11.9 Å². The highest BCUT2D eigenvalue weighted by molar-refractivity contribution is 5.51. The first-order valence-electron chi connectivity index (χ1n) is 5.43. The van der Waals surface area contributed by atoms with Crippen molar-refractivity contribution in [3.8, 4) is 0 Å². The maximum absolute atomic E-state index is 12.9. The molecule has 1 fully saturated rings. The van der Waals surface area contributed by atoms with Gasteiger partial charge in [-0.3, -0.25) is 0 Å². The molecule has 1 aromatic carbocycles. The van der Waals surface area contributed by atoms with Crippen molar-refractivity contribution in [2.45, 2.75) is 25.7 Å². The van der Waals surface area contributed by atoms with Gasteiger partial charge in [0.25, 0.3) is 5.92 Å². The monoisotopic (exact) mass is 229 g/mol. The number of anilines is 1. The molecule has 1 N–H and O–H groups in total. The number of benzene rings is 1. The third-order valence-corrected chi connectivity index (χ3v) is 2.94. The second kappa shape index (κ2) is 4.00. The summed E-state index contributed by atoms with van der Waals surface area (Å²) in [6, 6.07) is 4.38. The SMILES string of the molecule is CCc1cc(F)ccc1NCC1CC1(F)F. The molecule has 0 heterocycles. The summed E-state index contributed by atoms with van der Waals surface area (Å²) in [5.74, 6) is -3.36. The topological polar surface area (TPSA) is 12.0 Å². The van der Waals surface area contributed by atoms with Gasteiger partial charge in [-0.1, -0.05) is 6.92 Å². The van der Waals surface area contributed by atoms with E-state index in [1.807, 2.05) is 6.92 Å². The summed E-state index contributed by atoms with van der Waals surface area (Å²) >= 11 is 0. The quantitative estimate of drug-likeness (QED) is 0.833. The fourth-order valence-electron chi connectivity index (χ4n) is 1.75. The minimum atomic E-state index is -2.50. The first-order valence-corrected chi connectivity index (χ1v) is 5.43. The average molecular weight is 229 g/mol. The van der Waals surface area contributed by atoms with Gasteiger partial charge in [0.15, 0.2) is 0 Å². The van der Waals surface area contributed by atoms with Crippen LogP contribution in [0.4, 0.5) is 18.9 Å². The minimum absolute atomic E-state index is 0.0390. The molecule has 1 unspecified atom stereocenters. The number of hydrogen-bond donors (Lipinski definition) is 1. The molecule has 0 amide bonds. The summed E-state index contributed by atoms with van der Waals surface area (Å²) in [4.78, 5) is 0. The second-order valence-electron chi connectivity index (χ2n) is 4.20. The van der Waals surface area contributed by atoms with Crippen molar-refractivity contribution in [2.24, 2.45) is 5.92 Å². The third kappa shape index (κ3) is 2.31. The maximum atomic E-state index is 12.9. The molecule has 1 saturated carbocycles. The number of aryl methyl sites for hydroxylation is 1. The summed E-state index contributed by atoms with van der Waals surface area (Å²) < 4.78 is 38.2. The first kappa shape index (κ1) is 11.3. The summed E-state index contributed by atoms with van der Waals surface area (Å²) in [6.45, 7) is 2.16. The van der Waals surface area contributed by atoms with Crippen LogP contribution in [-0.4, -0.2) is 12.5 Å². The van der Waals surface area contributed by atoms with Crippen LogP contribution in [0.3, 0.4) is 0 Å². The van der Waals surface area contributed by atoms with Gasteiger partial charge in [0.05, 0.1) is 0 Å². The van der Waals surface area contributed by atoms with Gasteiger partial charge in [0.1, 0.15) is 5.82 Å². The Hall–Kier alpha value is -1.19. The number of hydrogen-bond acceptors (Lipinski definition) is 1. The highest BCUT2D eigenvalue weighted by Gasteiger charge is 2.56. The van der Waals surface area contributed by atoms with E-state index >= 15 is 0 Å². The normalized spacial score (nSPS) is 21.9. The largest absolute Gasteiger partial charge is 0.384 e. The van der Waals surface area contributed by atoms with Gasteiger partial charge in [-0.05, 0) is 30.2 Å². The van der Waals surface area contributed by atoms with E-state index in [0.29, 0.717) is 6.42 Å². The van der Waals surface area contributed by atoms with Crippen molar-refractivity contribution >= 4 is 5.69 Å². The van der Waals surface area contributed by atoms with Gasteiger partial charge >= 0.3 is 0 Å². The molecule has 0 bridgehead atoms. The molecule has 1 aliphatic carbocycles. The van der Waals surface area contributed by atoms with Gasteiger partial charge in [-0.2, -0.15) is 0 Å². The Kier molecular flexibility index (Phi) is 2.82. The molecule has 4 heteroatoms. The Morgan fingerprint density at radius 2 is 2.12 bits per heavy atom. The third-order valence-electron chi connectivity index (χ3n) is 2.94. The lowest BCUT2D eigenvalue weighted by molar-refractivity contribution is 0.101. The van der Waals surface area contributed by atoms with E-state index in [9.17, 15) is 13.2 Å². The van der Waals surface area contributed by atoms with Crippen LogP contribution in [0.5, 0.6) is 0 Å². The molecule has 0 radical (unpaired) electrons. The molecule has 2 rings (SSSR count). The molecule has 0 aliphatic heterocycles. The zero-order chi connectivity index (χ0) is 11.8. The molecule has 0 aromatic heterocycles. The van der Waals surface area contributed by atoms with Crippen molar-refractivity contribution in [3.63, 3.8) is 0 Å². The second-order valence-corrected chi connectivity index (χ2v) is 4.20. The van der Waals surface area contributed by atoms with Crippen LogP contribution < -0.4 is 5.32 Å². The van der Waals surface area contributed by atoms with E-state index in [0.717, 1.165) is 11.3 Å². The van der Waals surface area contributed by atoms with E-state index < -0.39 is 11.8 Å².